The van der Waals surface area contributed by atoms with E-state index in [4.69, 9.17) is 10.5 Å². The maximum Gasteiger partial charge on any atom is 0.339 e. The molecule has 0 unspecified atom stereocenters. The maximum absolute atomic E-state index is 12.5. The molecule has 2 aromatic carbocycles. The number of anilines is 1. The molecular weight excluding hydrogens is 352 g/mol. The lowest BCUT2D eigenvalue weighted by Crippen LogP contribution is -2.37. The highest BCUT2D eigenvalue weighted by atomic mass is 32.2. The van der Waals surface area contributed by atoms with E-state index >= 15 is 0 Å². The molecule has 0 bridgehead atoms. The summed E-state index contributed by atoms with van der Waals surface area (Å²) in [5.74, 6) is -1.50. The minimum absolute atomic E-state index is 0.0177. The first-order valence-electron chi connectivity index (χ1n) is 7.96. The van der Waals surface area contributed by atoms with Crippen LogP contribution in [0.5, 0.6) is 0 Å². The van der Waals surface area contributed by atoms with Gasteiger partial charge in [-0.2, -0.15) is 0 Å². The number of para-hydroxylation sites is 1. The van der Waals surface area contributed by atoms with Crippen molar-refractivity contribution < 1.29 is 19.1 Å². The van der Waals surface area contributed by atoms with Gasteiger partial charge in [0.1, 0.15) is 0 Å². The van der Waals surface area contributed by atoms with Crippen LogP contribution >= 0.6 is 11.8 Å². The molecule has 0 heterocycles. The Labute approximate surface area is 156 Å². The largest absolute Gasteiger partial charge is 0.452 e. The fourth-order valence-corrected chi connectivity index (χ4v) is 2.91. The highest BCUT2D eigenvalue weighted by Gasteiger charge is 2.19. The second kappa shape index (κ2) is 9.62. The summed E-state index contributed by atoms with van der Waals surface area (Å²) < 4.78 is 5.18. The first-order chi connectivity index (χ1) is 12.5. The zero-order chi connectivity index (χ0) is 18.9. The molecule has 0 aromatic heterocycles. The maximum atomic E-state index is 12.5. The monoisotopic (exact) mass is 372 g/mol. The van der Waals surface area contributed by atoms with Crippen molar-refractivity contribution in [3.05, 3.63) is 60.2 Å². The highest BCUT2D eigenvalue weighted by molar-refractivity contribution is 7.98. The molecule has 2 rings (SSSR count). The third-order valence-corrected chi connectivity index (χ3v) is 4.40. The van der Waals surface area contributed by atoms with Gasteiger partial charge in [0.05, 0.1) is 5.56 Å². The molecule has 0 saturated carbocycles. The van der Waals surface area contributed by atoms with Crippen molar-refractivity contribution in [2.45, 2.75) is 11.3 Å². The van der Waals surface area contributed by atoms with Gasteiger partial charge in [-0.25, -0.2) is 4.79 Å². The first-order valence-corrected chi connectivity index (χ1v) is 9.19. The van der Waals surface area contributed by atoms with Crippen molar-refractivity contribution in [2.24, 2.45) is 5.73 Å². The Balaban J connectivity index is 2.06. The van der Waals surface area contributed by atoms with E-state index in [1.54, 1.807) is 36.4 Å². The topological polar surface area (TPSA) is 89.7 Å². The number of esters is 1. The van der Waals surface area contributed by atoms with Gasteiger partial charge in [0, 0.05) is 23.5 Å². The van der Waals surface area contributed by atoms with Gasteiger partial charge in [-0.15, -0.1) is 11.8 Å². The SMILES string of the molecule is CSc1ccccc1C(=O)OCC(=O)N(CCC(N)=O)c1ccccc1. The van der Waals surface area contributed by atoms with Crippen LogP contribution in [0.4, 0.5) is 5.69 Å². The minimum Gasteiger partial charge on any atom is -0.452 e. The van der Waals surface area contributed by atoms with Crippen molar-refractivity contribution in [1.82, 2.24) is 0 Å². The minimum atomic E-state index is -0.564. The third kappa shape index (κ3) is 5.35. The number of hydrogen-bond acceptors (Lipinski definition) is 5. The van der Waals surface area contributed by atoms with Crippen molar-refractivity contribution in [3.63, 3.8) is 0 Å². The van der Waals surface area contributed by atoms with Gasteiger partial charge in [-0.05, 0) is 30.5 Å². The summed E-state index contributed by atoms with van der Waals surface area (Å²) in [4.78, 5) is 38.1. The molecule has 2 aromatic rings. The molecule has 0 radical (unpaired) electrons. The summed E-state index contributed by atoms with van der Waals surface area (Å²) in [6, 6.07) is 15.9. The number of benzene rings is 2. The molecule has 0 saturated heterocycles. The van der Waals surface area contributed by atoms with Crippen molar-refractivity contribution in [1.29, 1.82) is 0 Å². The van der Waals surface area contributed by atoms with Gasteiger partial charge in [-0.3, -0.25) is 9.59 Å². The summed E-state index contributed by atoms with van der Waals surface area (Å²) in [6.45, 7) is -0.299. The molecule has 136 valence electrons. The summed E-state index contributed by atoms with van der Waals surface area (Å²) in [7, 11) is 0. The summed E-state index contributed by atoms with van der Waals surface area (Å²) in [5.41, 5.74) is 6.21. The van der Waals surface area contributed by atoms with Crippen LogP contribution in [0.2, 0.25) is 0 Å². The molecule has 2 amide bonds. The molecule has 6 nitrogen and oxygen atoms in total. The average Bonchev–Trinajstić information content (AvgIpc) is 2.66. The Kier molecular flexibility index (Phi) is 7.23. The van der Waals surface area contributed by atoms with Crippen LogP contribution in [0.1, 0.15) is 16.8 Å². The number of ether oxygens (including phenoxy) is 1. The fraction of sp³-hybridized carbons (Fsp3) is 0.211. The molecule has 0 aliphatic carbocycles. The predicted molar refractivity (Wildman–Crippen MR) is 101 cm³/mol. The van der Waals surface area contributed by atoms with E-state index in [2.05, 4.69) is 0 Å². The number of thioether (sulfide) groups is 1. The highest BCUT2D eigenvalue weighted by Crippen LogP contribution is 2.21. The van der Waals surface area contributed by atoms with Crippen molar-refractivity contribution in [3.8, 4) is 0 Å². The summed E-state index contributed by atoms with van der Waals surface area (Å²) in [6.07, 6.45) is 1.88. The molecule has 0 aliphatic heterocycles. The number of carbonyl (C=O) groups is 3. The number of primary amides is 1. The van der Waals surface area contributed by atoms with Gasteiger partial charge in [0.25, 0.3) is 5.91 Å². The van der Waals surface area contributed by atoms with E-state index in [1.165, 1.54) is 16.7 Å². The van der Waals surface area contributed by atoms with Crippen LogP contribution < -0.4 is 10.6 Å². The molecule has 0 fully saturated rings. The Morgan fingerprint density at radius 3 is 2.35 bits per heavy atom. The lowest BCUT2D eigenvalue weighted by Gasteiger charge is -2.22. The third-order valence-electron chi connectivity index (χ3n) is 3.60. The Bertz CT molecular complexity index is 780. The number of carbonyl (C=O) groups excluding carboxylic acids is 3. The van der Waals surface area contributed by atoms with E-state index in [9.17, 15) is 14.4 Å². The zero-order valence-corrected chi connectivity index (χ0v) is 15.2. The van der Waals surface area contributed by atoms with Crippen LogP contribution in [0, 0.1) is 0 Å². The van der Waals surface area contributed by atoms with Crippen LogP contribution in [-0.4, -0.2) is 37.2 Å². The van der Waals surface area contributed by atoms with Crippen LogP contribution in [0.3, 0.4) is 0 Å². The smallest absolute Gasteiger partial charge is 0.339 e. The first kappa shape index (κ1) is 19.5. The van der Waals surface area contributed by atoms with Crippen LogP contribution in [-0.2, 0) is 14.3 Å². The number of nitrogens with zero attached hydrogens (tertiary/aromatic N) is 1. The van der Waals surface area contributed by atoms with E-state index in [0.29, 0.717) is 11.3 Å². The summed E-state index contributed by atoms with van der Waals surface area (Å²) >= 11 is 1.42. The van der Waals surface area contributed by atoms with Gasteiger partial charge >= 0.3 is 5.97 Å². The molecule has 2 N–H and O–H groups in total. The standard InChI is InChI=1S/C19H20N2O4S/c1-26-16-10-6-5-9-15(16)19(24)25-13-18(23)21(12-11-17(20)22)14-7-3-2-4-8-14/h2-10H,11-13H2,1H3,(H2,20,22). The van der Waals surface area contributed by atoms with Crippen LogP contribution in [0.15, 0.2) is 59.5 Å². The van der Waals surface area contributed by atoms with E-state index < -0.39 is 24.4 Å². The quantitative estimate of drug-likeness (QED) is 0.568. The molecule has 26 heavy (non-hydrogen) atoms. The van der Waals surface area contributed by atoms with E-state index in [0.717, 1.165) is 4.90 Å². The van der Waals surface area contributed by atoms with Crippen molar-refractivity contribution >= 4 is 35.2 Å². The molecular formula is C19H20N2O4S. The van der Waals surface area contributed by atoms with Gasteiger partial charge in [0.2, 0.25) is 5.91 Å². The Morgan fingerprint density at radius 1 is 1.04 bits per heavy atom. The zero-order valence-electron chi connectivity index (χ0n) is 14.4. The molecule has 7 heteroatoms. The molecule has 0 spiro atoms. The predicted octanol–water partition coefficient (Wildman–Crippen LogP) is 2.47. The number of rotatable bonds is 8. The van der Waals surface area contributed by atoms with E-state index in [1.807, 2.05) is 24.5 Å². The van der Waals surface area contributed by atoms with Gasteiger partial charge in [-0.1, -0.05) is 30.3 Å². The van der Waals surface area contributed by atoms with Gasteiger partial charge < -0.3 is 15.4 Å². The Hall–Kier alpha value is -2.80. The molecule has 0 aliphatic rings. The second-order valence-electron chi connectivity index (χ2n) is 5.37. The molecule has 0 atom stereocenters. The Morgan fingerprint density at radius 2 is 1.69 bits per heavy atom. The lowest BCUT2D eigenvalue weighted by molar-refractivity contribution is -0.121. The van der Waals surface area contributed by atoms with E-state index in [-0.39, 0.29) is 13.0 Å². The number of hydrogen-bond donors (Lipinski definition) is 1. The normalized spacial score (nSPS) is 10.2. The lowest BCUT2D eigenvalue weighted by atomic mass is 10.2. The summed E-state index contributed by atoms with van der Waals surface area (Å²) in [5, 5.41) is 0. The van der Waals surface area contributed by atoms with Gasteiger partial charge in [0.15, 0.2) is 6.61 Å². The number of amides is 2. The number of nitrogens with two attached hydrogens (primary N) is 1. The van der Waals surface area contributed by atoms with Crippen LogP contribution in [0.25, 0.3) is 0 Å². The average molecular weight is 372 g/mol. The fourth-order valence-electron chi connectivity index (χ4n) is 2.32. The second-order valence-corrected chi connectivity index (χ2v) is 6.22. The van der Waals surface area contributed by atoms with Crippen molar-refractivity contribution in [2.75, 3.05) is 24.3 Å².